The van der Waals surface area contributed by atoms with E-state index in [2.05, 4.69) is 25.3 Å². The van der Waals surface area contributed by atoms with Crippen LogP contribution in [0.3, 0.4) is 0 Å². The predicted molar refractivity (Wildman–Crippen MR) is 156 cm³/mol. The van der Waals surface area contributed by atoms with Crippen LogP contribution in [0.2, 0.25) is 0 Å². The van der Waals surface area contributed by atoms with E-state index in [1.54, 1.807) is 18.3 Å². The van der Waals surface area contributed by atoms with Crippen LogP contribution in [-0.4, -0.2) is 64.4 Å². The summed E-state index contributed by atoms with van der Waals surface area (Å²) in [5.74, 6) is -0.752. The molecular formula is C30H33F2N7O3. The van der Waals surface area contributed by atoms with Crippen molar-refractivity contribution in [3.63, 3.8) is 0 Å². The van der Waals surface area contributed by atoms with Gasteiger partial charge in [-0.25, -0.2) is 18.7 Å². The van der Waals surface area contributed by atoms with Crippen LogP contribution in [0.15, 0.2) is 48.9 Å². The molecule has 0 spiro atoms. The number of methoxy groups -OCH3 is 1. The molecule has 2 aliphatic heterocycles. The van der Waals surface area contributed by atoms with Crippen molar-refractivity contribution in [1.82, 2.24) is 19.7 Å². The molecule has 0 unspecified atom stereocenters. The Balaban J connectivity index is 1.34. The molecule has 0 saturated carbocycles. The first-order valence-electron chi connectivity index (χ1n) is 14.0. The van der Waals surface area contributed by atoms with Gasteiger partial charge in [-0.2, -0.15) is 5.10 Å². The summed E-state index contributed by atoms with van der Waals surface area (Å²) in [5, 5.41) is 18.3. The molecule has 2 saturated heterocycles. The maximum absolute atomic E-state index is 14.9. The smallest absolute Gasteiger partial charge is 0.139 e. The number of nitrogen functional groups attached to an aromatic ring is 1. The maximum atomic E-state index is 14.9. The maximum Gasteiger partial charge on any atom is 0.139 e. The van der Waals surface area contributed by atoms with Crippen LogP contribution in [0.25, 0.3) is 22.4 Å². The Bertz CT molecular complexity index is 1570. The standard InChI is InChI=1S/C30H33F2N7O3/c1-41-26-12-19(31)11-23(32)29(26)30-24(33)4-5-27(37-30)36-28-13-25(38-8-2-3-21(40)17-38)22(15-34-28)18-14-35-39(16-18)20-6-9-42-10-7-20/h4-5,11-16,20-21,40H,2-3,6-10,17,33H2,1H3,(H,34,36,37)/t21-/m0/s1. The van der Waals surface area contributed by atoms with E-state index in [4.69, 9.17) is 15.2 Å². The van der Waals surface area contributed by atoms with Gasteiger partial charge in [0.1, 0.15) is 34.7 Å². The number of aliphatic hydroxyl groups excluding tert-OH is 1. The summed E-state index contributed by atoms with van der Waals surface area (Å²) in [5.41, 5.74) is 9.18. The zero-order valence-electron chi connectivity index (χ0n) is 23.3. The first kappa shape index (κ1) is 27.9. The van der Waals surface area contributed by atoms with Gasteiger partial charge < -0.3 is 30.5 Å². The molecule has 10 nitrogen and oxygen atoms in total. The zero-order valence-corrected chi connectivity index (χ0v) is 23.3. The molecule has 4 N–H and O–H groups in total. The quantitative estimate of drug-likeness (QED) is 0.280. The molecule has 12 heteroatoms. The van der Waals surface area contributed by atoms with Gasteiger partial charge in [-0.05, 0) is 37.8 Å². The van der Waals surface area contributed by atoms with Crippen LogP contribution in [0.1, 0.15) is 31.7 Å². The summed E-state index contributed by atoms with van der Waals surface area (Å²) < 4.78 is 41.4. The number of hydrogen-bond acceptors (Lipinski definition) is 9. The minimum absolute atomic E-state index is 0.0152. The van der Waals surface area contributed by atoms with Crippen LogP contribution in [0, 0.1) is 11.6 Å². The van der Waals surface area contributed by atoms with Crippen molar-refractivity contribution in [3.05, 3.63) is 60.6 Å². The lowest BCUT2D eigenvalue weighted by Crippen LogP contribution is -2.38. The number of β-amino-alcohol motifs (C(OH)–C–C–N with tert-alkyl or cyclic N) is 1. The second kappa shape index (κ2) is 11.9. The molecule has 1 atom stereocenters. The number of rotatable bonds is 7. The lowest BCUT2D eigenvalue weighted by Gasteiger charge is -2.33. The molecule has 0 radical (unpaired) electrons. The lowest BCUT2D eigenvalue weighted by molar-refractivity contribution is 0.0662. The molecule has 0 aliphatic carbocycles. The van der Waals surface area contributed by atoms with Gasteiger partial charge >= 0.3 is 0 Å². The fraction of sp³-hybridized carbons (Fsp3) is 0.367. The molecule has 0 bridgehead atoms. The topological polar surface area (TPSA) is 124 Å². The third kappa shape index (κ3) is 5.72. The number of nitrogens with zero attached hydrogens (tertiary/aromatic N) is 5. The third-order valence-corrected chi connectivity index (χ3v) is 7.75. The Morgan fingerprint density at radius 2 is 1.93 bits per heavy atom. The zero-order chi connectivity index (χ0) is 29.2. The van der Waals surface area contributed by atoms with Crippen molar-refractivity contribution in [2.45, 2.75) is 37.8 Å². The monoisotopic (exact) mass is 577 g/mol. The first-order valence-corrected chi connectivity index (χ1v) is 14.0. The fourth-order valence-corrected chi connectivity index (χ4v) is 5.61. The van der Waals surface area contributed by atoms with Gasteiger partial charge in [-0.3, -0.25) is 4.68 Å². The van der Waals surface area contributed by atoms with E-state index in [0.717, 1.165) is 74.4 Å². The molecule has 220 valence electrons. The Morgan fingerprint density at radius 1 is 1.10 bits per heavy atom. The van der Waals surface area contributed by atoms with Crippen LogP contribution in [-0.2, 0) is 4.74 Å². The minimum atomic E-state index is -0.835. The van der Waals surface area contributed by atoms with Gasteiger partial charge in [0.15, 0.2) is 0 Å². The van der Waals surface area contributed by atoms with E-state index < -0.39 is 17.7 Å². The number of halogens is 2. The third-order valence-electron chi connectivity index (χ3n) is 7.75. The summed E-state index contributed by atoms with van der Waals surface area (Å²) in [6, 6.07) is 7.30. The van der Waals surface area contributed by atoms with Crippen molar-refractivity contribution in [2.24, 2.45) is 0 Å². The highest BCUT2D eigenvalue weighted by Crippen LogP contribution is 2.38. The molecule has 42 heavy (non-hydrogen) atoms. The molecular weight excluding hydrogens is 544 g/mol. The van der Waals surface area contributed by atoms with Gasteiger partial charge in [-0.1, -0.05) is 0 Å². The largest absolute Gasteiger partial charge is 0.496 e. The fourth-order valence-electron chi connectivity index (χ4n) is 5.61. The number of hydrogen-bond donors (Lipinski definition) is 3. The Morgan fingerprint density at radius 3 is 2.71 bits per heavy atom. The van der Waals surface area contributed by atoms with Gasteiger partial charge in [0.2, 0.25) is 0 Å². The number of pyridine rings is 2. The Labute approximate surface area is 242 Å². The predicted octanol–water partition coefficient (Wildman–Crippen LogP) is 4.93. The summed E-state index contributed by atoms with van der Waals surface area (Å²) in [6.07, 6.45) is 8.69. The normalized spacial score (nSPS) is 17.8. The average molecular weight is 578 g/mol. The molecule has 3 aromatic heterocycles. The van der Waals surface area contributed by atoms with Crippen molar-refractivity contribution in [2.75, 3.05) is 49.4 Å². The van der Waals surface area contributed by atoms with E-state index in [9.17, 15) is 13.9 Å². The number of nitrogens with one attached hydrogen (secondary N) is 1. The molecule has 0 amide bonds. The molecule has 4 aromatic rings. The highest BCUT2D eigenvalue weighted by molar-refractivity contribution is 5.82. The van der Waals surface area contributed by atoms with Gasteiger partial charge in [0, 0.05) is 68.0 Å². The molecule has 2 fully saturated rings. The van der Waals surface area contributed by atoms with Crippen LogP contribution < -0.4 is 20.7 Å². The molecule has 2 aliphatic rings. The van der Waals surface area contributed by atoms with Gasteiger partial charge in [0.25, 0.3) is 0 Å². The second-order valence-electron chi connectivity index (χ2n) is 10.6. The summed E-state index contributed by atoms with van der Waals surface area (Å²) in [4.78, 5) is 11.3. The number of benzene rings is 1. The van der Waals surface area contributed by atoms with Crippen molar-refractivity contribution in [1.29, 1.82) is 0 Å². The van der Waals surface area contributed by atoms with Crippen molar-refractivity contribution in [3.8, 4) is 28.1 Å². The van der Waals surface area contributed by atoms with E-state index in [1.807, 2.05) is 23.1 Å². The number of aromatic nitrogens is 4. The highest BCUT2D eigenvalue weighted by atomic mass is 19.1. The Kier molecular flexibility index (Phi) is 7.90. The molecule has 5 heterocycles. The van der Waals surface area contributed by atoms with E-state index in [0.29, 0.717) is 18.2 Å². The van der Waals surface area contributed by atoms with E-state index >= 15 is 0 Å². The molecule has 1 aromatic carbocycles. The minimum Gasteiger partial charge on any atom is -0.496 e. The van der Waals surface area contributed by atoms with Crippen molar-refractivity contribution < 1.29 is 23.4 Å². The Hall–Kier alpha value is -4.29. The summed E-state index contributed by atoms with van der Waals surface area (Å²) in [6.45, 7) is 2.73. The first-order chi connectivity index (χ1) is 20.4. The number of nitrogens with two attached hydrogens (primary N) is 1. The SMILES string of the molecule is COc1cc(F)cc(F)c1-c1nc(Nc2cc(N3CCC[C@H](O)C3)c(-c3cnn(C4CCOCC4)c3)cn2)ccc1N. The van der Waals surface area contributed by atoms with Crippen molar-refractivity contribution >= 4 is 23.0 Å². The second-order valence-corrected chi connectivity index (χ2v) is 10.6. The number of ether oxygens (including phenoxy) is 2. The number of piperidine rings is 1. The lowest BCUT2D eigenvalue weighted by atomic mass is 10.0. The number of anilines is 4. The van der Waals surface area contributed by atoms with Gasteiger partial charge in [0.05, 0.1) is 42.4 Å². The summed E-state index contributed by atoms with van der Waals surface area (Å²) in [7, 11) is 1.33. The van der Waals surface area contributed by atoms with Gasteiger partial charge in [-0.15, -0.1) is 0 Å². The molecule has 6 rings (SSSR count). The van der Waals surface area contributed by atoms with E-state index in [1.165, 1.54) is 7.11 Å². The highest BCUT2D eigenvalue weighted by Gasteiger charge is 2.24. The average Bonchev–Trinajstić information content (AvgIpc) is 3.49. The van der Waals surface area contributed by atoms with E-state index in [-0.39, 0.29) is 28.7 Å². The summed E-state index contributed by atoms with van der Waals surface area (Å²) >= 11 is 0. The van der Waals surface area contributed by atoms with Crippen LogP contribution in [0.5, 0.6) is 5.75 Å². The van der Waals surface area contributed by atoms with Crippen LogP contribution >= 0.6 is 0 Å². The number of aliphatic hydroxyl groups is 1. The van der Waals surface area contributed by atoms with Crippen LogP contribution in [0.4, 0.5) is 31.8 Å².